The Hall–Kier alpha value is -2.07. The van der Waals surface area contributed by atoms with E-state index in [-0.39, 0.29) is 5.82 Å². The van der Waals surface area contributed by atoms with Gasteiger partial charge in [0, 0.05) is 23.7 Å². The molecule has 2 aromatic carbocycles. The third kappa shape index (κ3) is 3.16. The third-order valence-electron chi connectivity index (χ3n) is 3.15. The van der Waals surface area contributed by atoms with E-state index in [1.54, 1.807) is 6.07 Å². The summed E-state index contributed by atoms with van der Waals surface area (Å²) in [4.78, 5) is 4.39. The fraction of sp³-hybridized carbons (Fsp3) is 0.188. The normalized spacial score (nSPS) is 11.0. The zero-order valence-electron chi connectivity index (χ0n) is 11.5. The minimum absolute atomic E-state index is 0.334. The van der Waals surface area contributed by atoms with E-state index in [9.17, 15) is 4.39 Å². The average molecular weight is 305 g/mol. The number of fused-ring (bicyclic) bond motifs is 1. The summed E-state index contributed by atoms with van der Waals surface area (Å²) in [7, 11) is 0. The first-order valence-corrected chi connectivity index (χ1v) is 7.10. The van der Waals surface area contributed by atoms with Gasteiger partial charge in [0.15, 0.2) is 11.5 Å². The van der Waals surface area contributed by atoms with Gasteiger partial charge in [-0.3, -0.25) is 0 Å². The van der Waals surface area contributed by atoms with Crippen molar-refractivity contribution in [3.05, 3.63) is 58.7 Å². The molecule has 3 nitrogen and oxygen atoms in total. The standard InChI is InChI=1S/C16H14ClFN2O/c1-2-16-20-14-8-13(3-4-15(14)21-16)19-9-10-5-11(17)7-12(18)6-10/h3-8,19H,2,9H2,1H3. The largest absolute Gasteiger partial charge is 0.441 e. The van der Waals surface area contributed by atoms with E-state index < -0.39 is 0 Å². The first-order chi connectivity index (χ1) is 10.1. The summed E-state index contributed by atoms with van der Waals surface area (Å²) in [6.07, 6.45) is 0.763. The highest BCUT2D eigenvalue weighted by molar-refractivity contribution is 6.30. The van der Waals surface area contributed by atoms with Crippen LogP contribution in [0.15, 0.2) is 40.8 Å². The molecule has 0 atom stereocenters. The Balaban J connectivity index is 1.78. The van der Waals surface area contributed by atoms with E-state index in [0.717, 1.165) is 34.7 Å². The minimum Gasteiger partial charge on any atom is -0.441 e. The summed E-state index contributed by atoms with van der Waals surface area (Å²) in [5, 5.41) is 3.62. The fourth-order valence-corrected chi connectivity index (χ4v) is 2.40. The second kappa shape index (κ2) is 5.74. The van der Waals surface area contributed by atoms with Crippen LogP contribution in [0.1, 0.15) is 18.4 Å². The van der Waals surface area contributed by atoms with Crippen molar-refractivity contribution in [2.24, 2.45) is 0 Å². The molecule has 0 aliphatic heterocycles. The molecule has 0 aliphatic carbocycles. The van der Waals surface area contributed by atoms with Crippen LogP contribution in [0.25, 0.3) is 11.1 Å². The van der Waals surface area contributed by atoms with Crippen LogP contribution in [0.4, 0.5) is 10.1 Å². The molecular weight excluding hydrogens is 291 g/mol. The topological polar surface area (TPSA) is 38.1 Å². The van der Waals surface area contributed by atoms with Gasteiger partial charge in [-0.15, -0.1) is 0 Å². The second-order valence-corrected chi connectivity index (χ2v) is 5.21. The van der Waals surface area contributed by atoms with E-state index in [2.05, 4.69) is 10.3 Å². The summed E-state index contributed by atoms with van der Waals surface area (Å²) >= 11 is 5.84. The molecule has 1 N–H and O–H groups in total. The number of halogens is 2. The highest BCUT2D eigenvalue weighted by atomic mass is 35.5. The van der Waals surface area contributed by atoms with Crippen LogP contribution in [-0.4, -0.2) is 4.98 Å². The van der Waals surface area contributed by atoms with Gasteiger partial charge in [-0.2, -0.15) is 0 Å². The quantitative estimate of drug-likeness (QED) is 0.752. The van der Waals surface area contributed by atoms with E-state index >= 15 is 0 Å². The molecule has 5 heteroatoms. The molecule has 3 rings (SSSR count). The Morgan fingerprint density at radius 3 is 2.86 bits per heavy atom. The van der Waals surface area contributed by atoms with Crippen LogP contribution in [-0.2, 0) is 13.0 Å². The lowest BCUT2D eigenvalue weighted by atomic mass is 10.2. The van der Waals surface area contributed by atoms with Crippen molar-refractivity contribution in [2.75, 3.05) is 5.32 Å². The number of hydrogen-bond donors (Lipinski definition) is 1. The highest BCUT2D eigenvalue weighted by Gasteiger charge is 2.05. The molecule has 0 bridgehead atoms. The summed E-state index contributed by atoms with van der Waals surface area (Å²) in [6.45, 7) is 2.49. The van der Waals surface area contributed by atoms with Crippen molar-refractivity contribution < 1.29 is 8.81 Å². The number of nitrogens with one attached hydrogen (secondary N) is 1. The smallest absolute Gasteiger partial charge is 0.195 e. The Labute approximate surface area is 126 Å². The molecular formula is C16H14ClFN2O. The first-order valence-electron chi connectivity index (χ1n) is 6.72. The molecule has 0 fully saturated rings. The van der Waals surface area contributed by atoms with E-state index in [1.165, 1.54) is 12.1 Å². The molecule has 1 heterocycles. The van der Waals surface area contributed by atoms with Gasteiger partial charge in [-0.05, 0) is 42.0 Å². The van der Waals surface area contributed by atoms with Gasteiger partial charge < -0.3 is 9.73 Å². The van der Waals surface area contributed by atoms with Crippen LogP contribution in [0.3, 0.4) is 0 Å². The molecule has 0 saturated carbocycles. The molecule has 21 heavy (non-hydrogen) atoms. The van der Waals surface area contributed by atoms with Gasteiger partial charge in [0.1, 0.15) is 11.3 Å². The number of aromatic nitrogens is 1. The molecule has 3 aromatic rings. The van der Waals surface area contributed by atoms with Gasteiger partial charge in [0.25, 0.3) is 0 Å². The Bertz CT molecular complexity index is 765. The zero-order valence-corrected chi connectivity index (χ0v) is 12.2. The number of oxazole rings is 1. The molecule has 0 aliphatic rings. The van der Waals surface area contributed by atoms with Crippen molar-refractivity contribution in [3.63, 3.8) is 0 Å². The van der Waals surface area contributed by atoms with Gasteiger partial charge >= 0.3 is 0 Å². The van der Waals surface area contributed by atoms with E-state index in [0.29, 0.717) is 11.6 Å². The fourth-order valence-electron chi connectivity index (χ4n) is 2.15. The Morgan fingerprint density at radius 2 is 2.10 bits per heavy atom. The predicted octanol–water partition coefficient (Wildman–Crippen LogP) is 4.79. The SMILES string of the molecule is CCc1nc2cc(NCc3cc(F)cc(Cl)c3)ccc2o1. The van der Waals surface area contributed by atoms with Crippen LogP contribution < -0.4 is 5.32 Å². The minimum atomic E-state index is -0.334. The molecule has 0 amide bonds. The number of benzene rings is 2. The lowest BCUT2D eigenvalue weighted by Gasteiger charge is -2.07. The monoisotopic (exact) mass is 304 g/mol. The highest BCUT2D eigenvalue weighted by Crippen LogP contribution is 2.21. The van der Waals surface area contributed by atoms with Gasteiger partial charge in [-0.1, -0.05) is 18.5 Å². The molecule has 0 unspecified atom stereocenters. The number of nitrogens with zero attached hydrogens (tertiary/aromatic N) is 1. The zero-order chi connectivity index (χ0) is 14.8. The van der Waals surface area contributed by atoms with Gasteiger partial charge in [0.2, 0.25) is 0 Å². The molecule has 1 aromatic heterocycles. The lowest BCUT2D eigenvalue weighted by Crippen LogP contribution is -1.99. The predicted molar refractivity (Wildman–Crippen MR) is 82.1 cm³/mol. The maximum Gasteiger partial charge on any atom is 0.195 e. The third-order valence-corrected chi connectivity index (χ3v) is 3.37. The number of anilines is 1. The first kappa shape index (κ1) is 13.9. The van der Waals surface area contributed by atoms with Crippen LogP contribution in [0.2, 0.25) is 5.02 Å². The summed E-state index contributed by atoms with van der Waals surface area (Å²) in [5.41, 5.74) is 3.27. The van der Waals surface area contributed by atoms with Crippen molar-refractivity contribution in [1.82, 2.24) is 4.98 Å². The summed E-state index contributed by atoms with van der Waals surface area (Å²) in [5.74, 6) is 0.387. The molecule has 0 spiro atoms. The maximum atomic E-state index is 13.3. The van der Waals surface area contributed by atoms with Gasteiger partial charge in [0.05, 0.1) is 0 Å². The molecule has 0 radical (unpaired) electrons. The van der Waals surface area contributed by atoms with E-state index in [4.69, 9.17) is 16.0 Å². The van der Waals surface area contributed by atoms with Crippen molar-refractivity contribution in [2.45, 2.75) is 19.9 Å². The second-order valence-electron chi connectivity index (χ2n) is 4.77. The van der Waals surface area contributed by atoms with Crippen molar-refractivity contribution in [1.29, 1.82) is 0 Å². The van der Waals surface area contributed by atoms with Crippen molar-refractivity contribution in [3.8, 4) is 0 Å². The number of rotatable bonds is 4. The maximum absolute atomic E-state index is 13.3. The van der Waals surface area contributed by atoms with Crippen LogP contribution in [0, 0.1) is 5.82 Å². The Morgan fingerprint density at radius 1 is 1.24 bits per heavy atom. The lowest BCUT2D eigenvalue weighted by molar-refractivity contribution is 0.538. The van der Waals surface area contributed by atoms with Crippen LogP contribution >= 0.6 is 11.6 Å². The average Bonchev–Trinajstić information content (AvgIpc) is 2.86. The van der Waals surface area contributed by atoms with Crippen molar-refractivity contribution >= 4 is 28.4 Å². The number of aryl methyl sites for hydroxylation is 1. The van der Waals surface area contributed by atoms with Gasteiger partial charge in [-0.25, -0.2) is 9.37 Å². The van der Waals surface area contributed by atoms with E-state index in [1.807, 2.05) is 25.1 Å². The summed E-state index contributed by atoms with van der Waals surface area (Å²) in [6, 6.07) is 10.2. The summed E-state index contributed by atoms with van der Waals surface area (Å²) < 4.78 is 18.8. The molecule has 0 saturated heterocycles. The van der Waals surface area contributed by atoms with Crippen LogP contribution in [0.5, 0.6) is 0 Å². The Kier molecular flexibility index (Phi) is 3.80. The number of hydrogen-bond acceptors (Lipinski definition) is 3. The molecule has 108 valence electrons.